The molecule has 0 bridgehead atoms. The van der Waals surface area contributed by atoms with Crippen molar-refractivity contribution in [2.75, 3.05) is 5.32 Å². The Morgan fingerprint density at radius 2 is 1.85 bits per heavy atom. The summed E-state index contributed by atoms with van der Waals surface area (Å²) >= 11 is 1.05. The number of nitrogens with zero attached hydrogens (tertiary/aromatic N) is 5. The molecule has 7 rings (SSSR count). The van der Waals surface area contributed by atoms with E-state index < -0.39 is 0 Å². The molecule has 11 heteroatoms. The van der Waals surface area contributed by atoms with Crippen molar-refractivity contribution in [2.24, 2.45) is 5.92 Å². The number of imidazole rings is 1. The van der Waals surface area contributed by atoms with Crippen LogP contribution in [0, 0.1) is 11.0 Å². The molecule has 3 N–H and O–H groups in total. The summed E-state index contributed by atoms with van der Waals surface area (Å²) in [5, 5.41) is 10.3. The molecule has 1 saturated carbocycles. The van der Waals surface area contributed by atoms with E-state index in [0.29, 0.717) is 46.3 Å². The molecule has 0 saturated heterocycles. The number of anilines is 1. The predicted molar refractivity (Wildman–Crippen MR) is 153 cm³/mol. The molecule has 6 aromatic rings. The zero-order chi connectivity index (χ0) is 27.1. The van der Waals surface area contributed by atoms with Crippen LogP contribution in [0.4, 0.5) is 10.1 Å². The maximum atomic E-state index is 13.7. The summed E-state index contributed by atoms with van der Waals surface area (Å²) in [6.07, 6.45) is 13.2. The summed E-state index contributed by atoms with van der Waals surface area (Å²) in [6.45, 7) is 0. The third-order valence-corrected chi connectivity index (χ3v) is 8.29. The average molecular weight is 553 g/mol. The second kappa shape index (κ2) is 10.2. The maximum Gasteiger partial charge on any atom is 0.224 e. The van der Waals surface area contributed by atoms with Gasteiger partial charge in [-0.05, 0) is 49.1 Å². The lowest BCUT2D eigenvalue weighted by atomic mass is 9.87. The number of carbonyl (C=O) groups is 1. The number of aromatic nitrogens is 7. The molecule has 0 unspecified atom stereocenters. The first kappa shape index (κ1) is 24.5. The molecule has 1 aliphatic rings. The van der Waals surface area contributed by atoms with Gasteiger partial charge >= 0.3 is 0 Å². The van der Waals surface area contributed by atoms with Gasteiger partial charge in [-0.1, -0.05) is 19.3 Å². The van der Waals surface area contributed by atoms with E-state index in [4.69, 9.17) is 9.97 Å². The molecule has 1 amide bonds. The van der Waals surface area contributed by atoms with Crippen LogP contribution >= 0.6 is 11.3 Å². The molecule has 6 aromatic heterocycles. The lowest BCUT2D eigenvalue weighted by Gasteiger charge is -2.20. The monoisotopic (exact) mass is 552 g/mol. The van der Waals surface area contributed by atoms with Crippen molar-refractivity contribution >= 4 is 45.0 Å². The van der Waals surface area contributed by atoms with Crippen LogP contribution < -0.4 is 5.32 Å². The molecule has 0 radical (unpaired) electrons. The molecule has 1 aliphatic carbocycles. The fourth-order valence-electron chi connectivity index (χ4n) is 5.42. The second-order valence-corrected chi connectivity index (χ2v) is 11.2. The highest BCUT2D eigenvalue weighted by molar-refractivity contribution is 7.14. The molecule has 40 heavy (non-hydrogen) atoms. The van der Waals surface area contributed by atoms with Crippen LogP contribution in [0.25, 0.3) is 55.3 Å². The minimum atomic E-state index is -0.264. The number of amides is 1. The third-order valence-electron chi connectivity index (χ3n) is 7.38. The highest BCUT2D eigenvalue weighted by Crippen LogP contribution is 2.34. The van der Waals surface area contributed by atoms with Crippen LogP contribution in [0.15, 0.2) is 55.1 Å². The molecule has 1 fully saturated rings. The number of H-pyrrole nitrogens is 2. The Morgan fingerprint density at radius 1 is 0.975 bits per heavy atom. The zero-order valence-electron chi connectivity index (χ0n) is 21.4. The van der Waals surface area contributed by atoms with Crippen LogP contribution in [0.5, 0.6) is 0 Å². The lowest BCUT2D eigenvalue weighted by Crippen LogP contribution is -2.18. The minimum Gasteiger partial charge on any atom is -0.335 e. The van der Waals surface area contributed by atoms with Gasteiger partial charge < -0.3 is 10.3 Å². The highest BCUT2D eigenvalue weighted by atomic mass is 32.1. The van der Waals surface area contributed by atoms with E-state index in [2.05, 4.69) is 30.5 Å². The van der Waals surface area contributed by atoms with Gasteiger partial charge in [-0.15, -0.1) is 11.3 Å². The standard InChI is InChI=1S/C29H25FN8OS/c30-24-9-8-23(40-24)19-14-32-15-22-26(19)36-29(35-22)28-27-21(37-38-28)7-6-20(34-27)17-11-18(13-31-12-17)33-25(39)10-16-4-2-1-3-5-16/h6-9,11-16H,1-5,10H2,(H,33,39)(H,35,36)(H,37,38). The number of thiophene rings is 1. The van der Waals surface area contributed by atoms with Gasteiger partial charge in [0.2, 0.25) is 5.91 Å². The molecular weight excluding hydrogens is 527 g/mol. The summed E-state index contributed by atoms with van der Waals surface area (Å²) in [4.78, 5) is 35.0. The molecular formula is C29H25FN8OS. The molecule has 9 nitrogen and oxygen atoms in total. The first-order chi connectivity index (χ1) is 19.6. The van der Waals surface area contributed by atoms with Crippen LogP contribution in [-0.4, -0.2) is 41.0 Å². The van der Waals surface area contributed by atoms with Crippen LogP contribution in [-0.2, 0) is 4.79 Å². The van der Waals surface area contributed by atoms with Gasteiger partial charge in [0.1, 0.15) is 11.0 Å². The first-order valence-corrected chi connectivity index (χ1v) is 14.1. The fraction of sp³-hybridized carbons (Fsp3) is 0.241. The number of aromatic amines is 2. The summed E-state index contributed by atoms with van der Waals surface area (Å²) in [5.41, 5.74) is 6.21. The Kier molecular flexibility index (Phi) is 6.27. The van der Waals surface area contributed by atoms with Gasteiger partial charge in [-0.2, -0.15) is 9.49 Å². The first-order valence-electron chi connectivity index (χ1n) is 13.3. The number of hydrogen-bond acceptors (Lipinski definition) is 7. The van der Waals surface area contributed by atoms with Crippen molar-refractivity contribution in [1.82, 2.24) is 35.1 Å². The zero-order valence-corrected chi connectivity index (χ0v) is 22.3. The molecule has 0 aliphatic heterocycles. The third kappa shape index (κ3) is 4.73. The predicted octanol–water partition coefficient (Wildman–Crippen LogP) is 6.73. The van der Waals surface area contributed by atoms with Gasteiger partial charge in [0.25, 0.3) is 0 Å². The number of carbonyl (C=O) groups excluding carboxylic acids is 1. The second-order valence-electron chi connectivity index (χ2n) is 10.2. The Labute approximate surface area is 232 Å². The summed E-state index contributed by atoms with van der Waals surface area (Å²) in [6, 6.07) is 8.85. The Bertz CT molecular complexity index is 1850. The number of hydrogen-bond donors (Lipinski definition) is 3. The van der Waals surface area contributed by atoms with Crippen molar-refractivity contribution < 1.29 is 9.18 Å². The highest BCUT2D eigenvalue weighted by Gasteiger charge is 2.19. The Hall–Kier alpha value is -4.51. The molecule has 200 valence electrons. The Balaban J connectivity index is 1.19. The molecule has 0 spiro atoms. The number of halogens is 1. The van der Waals surface area contributed by atoms with Crippen LogP contribution in [0.1, 0.15) is 38.5 Å². The van der Waals surface area contributed by atoms with Gasteiger partial charge in [0.05, 0.1) is 34.8 Å². The van der Waals surface area contributed by atoms with Crippen LogP contribution in [0.2, 0.25) is 0 Å². The van der Waals surface area contributed by atoms with Gasteiger partial charge in [0, 0.05) is 34.8 Å². The van der Waals surface area contributed by atoms with E-state index >= 15 is 0 Å². The van der Waals surface area contributed by atoms with Crippen LogP contribution in [0.3, 0.4) is 0 Å². The number of rotatable bonds is 6. The van der Waals surface area contributed by atoms with Crippen molar-refractivity contribution in [3.63, 3.8) is 0 Å². The largest absolute Gasteiger partial charge is 0.335 e. The van der Waals surface area contributed by atoms with E-state index in [9.17, 15) is 9.18 Å². The number of pyridine rings is 3. The molecule has 0 aromatic carbocycles. The topological polar surface area (TPSA) is 125 Å². The number of nitrogens with one attached hydrogen (secondary N) is 3. The van der Waals surface area contributed by atoms with E-state index in [1.54, 1.807) is 30.9 Å². The quantitative estimate of drug-likeness (QED) is 0.210. The summed E-state index contributed by atoms with van der Waals surface area (Å²) in [5.74, 6) is 1.01. The Morgan fingerprint density at radius 3 is 2.70 bits per heavy atom. The minimum absolute atomic E-state index is 0.0235. The SMILES string of the molecule is O=C(CC1CCCCC1)Nc1cncc(-c2ccc3[nH]nc(-c4nc5c(-c6ccc(F)s6)cncc5[nH]4)c3n2)c1. The van der Waals surface area contributed by atoms with Gasteiger partial charge in [0.15, 0.2) is 16.6 Å². The van der Waals surface area contributed by atoms with Gasteiger partial charge in [-0.3, -0.25) is 19.9 Å². The van der Waals surface area contributed by atoms with Crippen molar-refractivity contribution in [1.29, 1.82) is 0 Å². The van der Waals surface area contributed by atoms with E-state index in [-0.39, 0.29) is 11.0 Å². The van der Waals surface area contributed by atoms with E-state index in [1.807, 2.05) is 18.2 Å². The van der Waals surface area contributed by atoms with E-state index in [0.717, 1.165) is 51.2 Å². The molecule has 6 heterocycles. The number of fused-ring (bicyclic) bond motifs is 2. The summed E-state index contributed by atoms with van der Waals surface area (Å²) in [7, 11) is 0. The normalized spacial score (nSPS) is 14.2. The smallest absolute Gasteiger partial charge is 0.224 e. The van der Waals surface area contributed by atoms with Crippen molar-refractivity contribution in [3.8, 4) is 33.2 Å². The van der Waals surface area contributed by atoms with Gasteiger partial charge in [-0.25, -0.2) is 9.97 Å². The lowest BCUT2D eigenvalue weighted by molar-refractivity contribution is -0.117. The van der Waals surface area contributed by atoms with Crippen molar-refractivity contribution in [3.05, 3.63) is 60.3 Å². The van der Waals surface area contributed by atoms with Crippen molar-refractivity contribution in [2.45, 2.75) is 38.5 Å². The average Bonchev–Trinajstić information content (AvgIpc) is 3.71. The molecule has 0 atom stereocenters. The maximum absolute atomic E-state index is 13.7. The summed E-state index contributed by atoms with van der Waals surface area (Å²) < 4.78 is 13.7. The van der Waals surface area contributed by atoms with E-state index in [1.165, 1.54) is 25.3 Å². The fourth-order valence-corrected chi connectivity index (χ4v) is 6.16.